The third kappa shape index (κ3) is 4.98. The SMILES string of the molecule is O=C(CCc1nc2ccccc2c(=O)n1C1CC1)N1CCCN(Cc2ccc(F)cc2)CC1. The molecule has 7 heteroatoms. The largest absolute Gasteiger partial charge is 0.341 e. The molecule has 0 radical (unpaired) electrons. The number of benzene rings is 2. The number of nitrogens with zero attached hydrogens (tertiary/aromatic N) is 4. The molecule has 0 unspecified atom stereocenters. The molecule has 0 N–H and O–H groups in total. The highest BCUT2D eigenvalue weighted by atomic mass is 19.1. The van der Waals surface area contributed by atoms with Crippen molar-refractivity contribution in [3.8, 4) is 0 Å². The van der Waals surface area contributed by atoms with Gasteiger partial charge in [0.25, 0.3) is 5.56 Å². The van der Waals surface area contributed by atoms with Crippen LogP contribution in [-0.2, 0) is 17.8 Å². The molecule has 0 atom stereocenters. The van der Waals surface area contributed by atoms with Gasteiger partial charge in [-0.15, -0.1) is 0 Å². The lowest BCUT2D eigenvalue weighted by Gasteiger charge is -2.22. The summed E-state index contributed by atoms with van der Waals surface area (Å²) in [5, 5.41) is 0.647. The maximum atomic E-state index is 13.2. The second-order valence-corrected chi connectivity index (χ2v) is 9.09. The lowest BCUT2D eigenvalue weighted by atomic mass is 10.2. The summed E-state index contributed by atoms with van der Waals surface area (Å²) in [6.07, 6.45) is 3.74. The Morgan fingerprint density at radius 1 is 1.00 bits per heavy atom. The van der Waals surface area contributed by atoms with Crippen molar-refractivity contribution < 1.29 is 9.18 Å². The lowest BCUT2D eigenvalue weighted by Crippen LogP contribution is -2.35. The summed E-state index contributed by atoms with van der Waals surface area (Å²) in [6.45, 7) is 3.88. The van der Waals surface area contributed by atoms with E-state index in [0.29, 0.717) is 30.3 Å². The minimum absolute atomic E-state index is 0.0109. The minimum Gasteiger partial charge on any atom is -0.341 e. The molecule has 172 valence electrons. The lowest BCUT2D eigenvalue weighted by molar-refractivity contribution is -0.131. The minimum atomic E-state index is -0.223. The number of hydrogen-bond donors (Lipinski definition) is 0. The van der Waals surface area contributed by atoms with Crippen molar-refractivity contribution in [2.24, 2.45) is 0 Å². The fourth-order valence-corrected chi connectivity index (χ4v) is 4.68. The molecule has 1 saturated heterocycles. The Morgan fingerprint density at radius 2 is 1.79 bits per heavy atom. The topological polar surface area (TPSA) is 58.4 Å². The molecule has 0 spiro atoms. The first-order valence-electron chi connectivity index (χ1n) is 11.8. The molecule has 2 fully saturated rings. The Kier molecular flexibility index (Phi) is 6.22. The molecule has 2 heterocycles. The molecular formula is C26H29FN4O2. The molecule has 33 heavy (non-hydrogen) atoms. The van der Waals surface area contributed by atoms with Crippen LogP contribution in [0.15, 0.2) is 53.3 Å². The first-order chi connectivity index (χ1) is 16.1. The molecule has 1 aromatic heterocycles. The van der Waals surface area contributed by atoms with Crippen LogP contribution in [0.4, 0.5) is 4.39 Å². The van der Waals surface area contributed by atoms with Crippen LogP contribution >= 0.6 is 0 Å². The Labute approximate surface area is 192 Å². The quantitative estimate of drug-likeness (QED) is 0.579. The molecule has 5 rings (SSSR count). The zero-order valence-electron chi connectivity index (χ0n) is 18.8. The average molecular weight is 449 g/mol. The molecule has 6 nitrogen and oxygen atoms in total. The van der Waals surface area contributed by atoms with Crippen LogP contribution in [0.5, 0.6) is 0 Å². The Balaban J connectivity index is 1.22. The smallest absolute Gasteiger partial charge is 0.261 e. The van der Waals surface area contributed by atoms with E-state index in [1.807, 2.05) is 45.9 Å². The van der Waals surface area contributed by atoms with Crippen molar-refractivity contribution in [3.63, 3.8) is 0 Å². The van der Waals surface area contributed by atoms with Gasteiger partial charge in [-0.25, -0.2) is 9.37 Å². The molecule has 2 aliphatic rings. The first kappa shape index (κ1) is 21.8. The Morgan fingerprint density at radius 3 is 2.58 bits per heavy atom. The van der Waals surface area contributed by atoms with E-state index in [1.165, 1.54) is 12.1 Å². The first-order valence-corrected chi connectivity index (χ1v) is 11.8. The zero-order valence-corrected chi connectivity index (χ0v) is 18.8. The molecule has 1 saturated carbocycles. The number of aryl methyl sites for hydroxylation is 1. The predicted octanol–water partition coefficient (Wildman–Crippen LogP) is 3.54. The number of fused-ring (bicyclic) bond motifs is 1. The highest BCUT2D eigenvalue weighted by Crippen LogP contribution is 2.35. The number of carbonyl (C=O) groups excluding carboxylic acids is 1. The zero-order chi connectivity index (χ0) is 22.8. The predicted molar refractivity (Wildman–Crippen MR) is 125 cm³/mol. The standard InChI is InChI=1S/C26H29FN4O2/c27-20-8-6-19(7-9-20)18-29-14-3-15-30(17-16-29)25(32)13-12-24-28-23-5-2-1-4-22(23)26(33)31(24)21-10-11-21/h1-2,4-9,21H,3,10-18H2. The average Bonchev–Trinajstić information content (AvgIpc) is 3.67. The molecule has 1 amide bonds. The highest BCUT2D eigenvalue weighted by molar-refractivity contribution is 5.78. The molecule has 3 aromatic rings. The van der Waals surface area contributed by atoms with E-state index in [-0.39, 0.29) is 23.3 Å². The van der Waals surface area contributed by atoms with Gasteiger partial charge in [0.15, 0.2) is 0 Å². The monoisotopic (exact) mass is 448 g/mol. The second-order valence-electron chi connectivity index (χ2n) is 9.09. The van der Waals surface area contributed by atoms with E-state index in [2.05, 4.69) is 4.90 Å². The van der Waals surface area contributed by atoms with Gasteiger partial charge >= 0.3 is 0 Å². The molecule has 0 bridgehead atoms. The maximum absolute atomic E-state index is 13.2. The van der Waals surface area contributed by atoms with Gasteiger partial charge in [-0.2, -0.15) is 0 Å². The van der Waals surface area contributed by atoms with Crippen molar-refractivity contribution >= 4 is 16.8 Å². The number of aromatic nitrogens is 2. The van der Waals surface area contributed by atoms with E-state index < -0.39 is 0 Å². The van der Waals surface area contributed by atoms with Crippen LogP contribution in [0.2, 0.25) is 0 Å². The van der Waals surface area contributed by atoms with Crippen molar-refractivity contribution in [2.75, 3.05) is 26.2 Å². The highest BCUT2D eigenvalue weighted by Gasteiger charge is 2.29. The molecule has 1 aliphatic carbocycles. The van der Waals surface area contributed by atoms with E-state index in [1.54, 1.807) is 0 Å². The number of rotatable bonds is 6. The van der Waals surface area contributed by atoms with Crippen molar-refractivity contribution in [1.29, 1.82) is 0 Å². The third-order valence-corrected chi connectivity index (χ3v) is 6.62. The maximum Gasteiger partial charge on any atom is 0.261 e. The second kappa shape index (κ2) is 9.43. The van der Waals surface area contributed by atoms with E-state index in [4.69, 9.17) is 4.98 Å². The normalized spacial score (nSPS) is 17.3. The van der Waals surface area contributed by atoms with Gasteiger partial charge in [-0.05, 0) is 49.1 Å². The van der Waals surface area contributed by atoms with Crippen LogP contribution in [0.3, 0.4) is 0 Å². The summed E-state index contributed by atoms with van der Waals surface area (Å²) >= 11 is 0. The van der Waals surface area contributed by atoms with Crippen molar-refractivity contribution in [1.82, 2.24) is 19.4 Å². The van der Waals surface area contributed by atoms with Gasteiger partial charge < -0.3 is 4.90 Å². The van der Waals surface area contributed by atoms with Crippen LogP contribution < -0.4 is 5.56 Å². The number of para-hydroxylation sites is 1. The van der Waals surface area contributed by atoms with Gasteiger partial charge in [-0.3, -0.25) is 19.1 Å². The fraction of sp³-hybridized carbons (Fsp3) is 0.423. The number of hydrogen-bond acceptors (Lipinski definition) is 4. The van der Waals surface area contributed by atoms with Crippen LogP contribution in [0.1, 0.15) is 43.1 Å². The summed E-state index contributed by atoms with van der Waals surface area (Å²) in [7, 11) is 0. The van der Waals surface area contributed by atoms with Gasteiger partial charge in [0.2, 0.25) is 5.91 Å². The van der Waals surface area contributed by atoms with Crippen LogP contribution in [0.25, 0.3) is 10.9 Å². The number of halogens is 1. The van der Waals surface area contributed by atoms with Gasteiger partial charge in [-0.1, -0.05) is 24.3 Å². The molecule has 1 aliphatic heterocycles. The summed E-state index contributed by atoms with van der Waals surface area (Å²) in [6, 6.07) is 14.3. The summed E-state index contributed by atoms with van der Waals surface area (Å²) < 4.78 is 15.0. The Hall–Kier alpha value is -3.06. The fourth-order valence-electron chi connectivity index (χ4n) is 4.68. The van der Waals surface area contributed by atoms with Crippen molar-refractivity contribution in [2.45, 2.75) is 44.7 Å². The van der Waals surface area contributed by atoms with E-state index in [0.717, 1.165) is 56.8 Å². The molecule has 2 aromatic carbocycles. The van der Waals surface area contributed by atoms with E-state index >= 15 is 0 Å². The summed E-state index contributed by atoms with van der Waals surface area (Å²) in [5.74, 6) is 0.616. The summed E-state index contributed by atoms with van der Waals surface area (Å²) in [5.41, 5.74) is 1.79. The number of amides is 1. The third-order valence-electron chi connectivity index (χ3n) is 6.62. The molecular weight excluding hydrogens is 419 g/mol. The summed E-state index contributed by atoms with van der Waals surface area (Å²) in [4.78, 5) is 35.1. The Bertz CT molecular complexity index is 1200. The van der Waals surface area contributed by atoms with Gasteiger partial charge in [0.05, 0.1) is 10.9 Å². The van der Waals surface area contributed by atoms with Crippen molar-refractivity contribution in [3.05, 3.63) is 76.1 Å². The number of carbonyl (C=O) groups is 1. The van der Waals surface area contributed by atoms with Crippen LogP contribution in [-0.4, -0.2) is 51.4 Å². The van der Waals surface area contributed by atoms with E-state index in [9.17, 15) is 14.0 Å². The van der Waals surface area contributed by atoms with Crippen LogP contribution in [0, 0.1) is 5.82 Å². The van der Waals surface area contributed by atoms with Gasteiger partial charge in [0.1, 0.15) is 11.6 Å². The van der Waals surface area contributed by atoms with Gasteiger partial charge in [0, 0.05) is 51.6 Å².